The fourth-order valence-electron chi connectivity index (χ4n) is 11.6. The van der Waals surface area contributed by atoms with Crippen LogP contribution in [0, 0.1) is 40.9 Å². The van der Waals surface area contributed by atoms with Crippen molar-refractivity contribution in [3.8, 4) is 6.07 Å². The molecule has 9 unspecified atom stereocenters. The first-order valence-corrected chi connectivity index (χ1v) is 20.0. The molecule has 9 aliphatic rings. The second-order valence-corrected chi connectivity index (χ2v) is 16.3. The fourth-order valence-corrected chi connectivity index (χ4v) is 11.6. The Balaban J connectivity index is 1.07. The Kier molecular flexibility index (Phi) is 7.35. The van der Waals surface area contributed by atoms with Gasteiger partial charge < -0.3 is 4.74 Å². The topological polar surface area (TPSA) is 33.0 Å². The summed E-state index contributed by atoms with van der Waals surface area (Å²) in [6.45, 7) is 0. The second-order valence-electron chi connectivity index (χ2n) is 16.3. The van der Waals surface area contributed by atoms with Crippen LogP contribution in [0.2, 0.25) is 0 Å². The lowest BCUT2D eigenvalue weighted by Crippen LogP contribution is -2.52. The minimum Gasteiger partial charge on any atom is -0.486 e. The lowest BCUT2D eigenvalue weighted by Gasteiger charge is -2.53. The first-order valence-electron chi connectivity index (χ1n) is 20.0. The summed E-state index contributed by atoms with van der Waals surface area (Å²) >= 11 is 0. The molecule has 2 aromatic carbocycles. The third kappa shape index (κ3) is 4.57. The molecule has 54 heavy (non-hydrogen) atoms. The van der Waals surface area contributed by atoms with Crippen LogP contribution < -0.4 is 0 Å². The van der Waals surface area contributed by atoms with E-state index in [2.05, 4.69) is 170 Å². The zero-order valence-corrected chi connectivity index (χ0v) is 30.4. The van der Waals surface area contributed by atoms with Crippen LogP contribution in [0.25, 0.3) is 0 Å². The Labute approximate surface area is 319 Å². The highest BCUT2D eigenvalue weighted by atomic mass is 16.5. The van der Waals surface area contributed by atoms with Crippen molar-refractivity contribution >= 4 is 0 Å². The molecule has 11 rings (SSSR count). The number of nitrogens with zero attached hydrogens (tertiary/aromatic N) is 1. The number of rotatable bonds is 3. The van der Waals surface area contributed by atoms with E-state index >= 15 is 0 Å². The van der Waals surface area contributed by atoms with E-state index in [-0.39, 0.29) is 41.1 Å². The third-order valence-corrected chi connectivity index (χ3v) is 13.8. The van der Waals surface area contributed by atoms with Crippen molar-refractivity contribution in [2.45, 2.75) is 49.0 Å². The Morgan fingerprint density at radius 2 is 1.59 bits per heavy atom. The molecule has 1 aliphatic heterocycles. The molecule has 1 fully saturated rings. The van der Waals surface area contributed by atoms with E-state index in [9.17, 15) is 5.26 Å². The number of nitriles is 1. The van der Waals surface area contributed by atoms with E-state index in [1.54, 1.807) is 5.57 Å². The van der Waals surface area contributed by atoms with Gasteiger partial charge in [0.1, 0.15) is 11.9 Å². The molecule has 0 saturated carbocycles. The van der Waals surface area contributed by atoms with Crippen LogP contribution >= 0.6 is 0 Å². The van der Waals surface area contributed by atoms with E-state index < -0.39 is 0 Å². The van der Waals surface area contributed by atoms with Crippen LogP contribution in [0.5, 0.6) is 0 Å². The van der Waals surface area contributed by atoms with Gasteiger partial charge in [0, 0.05) is 46.5 Å². The van der Waals surface area contributed by atoms with E-state index in [1.165, 1.54) is 50.1 Å². The lowest BCUT2D eigenvalue weighted by molar-refractivity contribution is 0.0421. The van der Waals surface area contributed by atoms with Crippen LogP contribution in [-0.2, 0) is 10.2 Å². The van der Waals surface area contributed by atoms with Crippen LogP contribution in [0.4, 0.5) is 0 Å². The Bertz CT molecular complexity index is 2420. The number of fused-ring (bicyclic) bond motifs is 10. The predicted octanol–water partition coefficient (Wildman–Crippen LogP) is 11.6. The summed E-state index contributed by atoms with van der Waals surface area (Å²) < 4.78 is 6.98. The molecular formula is C52H43NO. The molecule has 0 amide bonds. The molecule has 2 heteroatoms. The van der Waals surface area contributed by atoms with Gasteiger partial charge in [-0.05, 0) is 82.4 Å². The van der Waals surface area contributed by atoms with Gasteiger partial charge >= 0.3 is 0 Å². The number of allylic oxidation sites excluding steroid dienone is 23. The highest BCUT2D eigenvalue weighted by Gasteiger charge is 2.62. The van der Waals surface area contributed by atoms with Crippen LogP contribution in [0.1, 0.15) is 54.2 Å². The van der Waals surface area contributed by atoms with Crippen molar-refractivity contribution in [1.82, 2.24) is 0 Å². The quantitative estimate of drug-likeness (QED) is 0.320. The number of ether oxygens (including phenoxy) is 1. The van der Waals surface area contributed by atoms with E-state index in [1.807, 2.05) is 0 Å². The van der Waals surface area contributed by atoms with Crippen molar-refractivity contribution in [1.29, 1.82) is 5.26 Å². The van der Waals surface area contributed by atoms with Gasteiger partial charge in [-0.2, -0.15) is 5.26 Å². The van der Waals surface area contributed by atoms with Gasteiger partial charge in [0.25, 0.3) is 0 Å². The third-order valence-electron chi connectivity index (χ3n) is 13.8. The summed E-state index contributed by atoms with van der Waals surface area (Å²) in [5.74, 6) is 2.38. The summed E-state index contributed by atoms with van der Waals surface area (Å²) in [6.07, 6.45) is 46.5. The average molecular weight is 698 g/mol. The fraction of sp³-hybridized carbons (Fsp3) is 0.250. The van der Waals surface area contributed by atoms with Gasteiger partial charge in [-0.15, -0.1) is 0 Å². The maximum Gasteiger partial charge on any atom is 0.125 e. The number of benzene rings is 2. The maximum atomic E-state index is 10.2. The summed E-state index contributed by atoms with van der Waals surface area (Å²) in [4.78, 5) is 0. The average Bonchev–Trinajstić information content (AvgIpc) is 3.54. The van der Waals surface area contributed by atoms with Gasteiger partial charge in [-0.25, -0.2) is 0 Å². The Morgan fingerprint density at radius 1 is 0.741 bits per heavy atom. The van der Waals surface area contributed by atoms with E-state index in [0.29, 0.717) is 18.3 Å². The molecule has 1 spiro atoms. The minimum atomic E-state index is -0.362. The van der Waals surface area contributed by atoms with Crippen molar-refractivity contribution in [3.63, 3.8) is 0 Å². The zero-order chi connectivity index (χ0) is 35.8. The molecule has 2 nitrogen and oxygen atoms in total. The van der Waals surface area contributed by atoms with Crippen LogP contribution in [0.3, 0.4) is 0 Å². The molecule has 1 heterocycles. The molecule has 0 bridgehead atoms. The molecule has 0 N–H and O–H groups in total. The highest BCUT2D eigenvalue weighted by molar-refractivity contribution is 5.70. The standard InChI is InChI=1S/C52H43NO/c53-32-33-22-28-48-46(30-33)52(44-20-10-8-14-38(44)39-15-9-11-21-45(39)52)47-31-37(27-29-49(47)54-48)51-42-18-6-4-16-40(42)50(41-17-5-7-19-43(41)51)36-25-23-35(24-26-36)34-12-2-1-3-13-34/h1-4,6-16,18-21,23,25-31,33,35,38,40,44,47,49-50H,5,17,22,24H2. The lowest BCUT2D eigenvalue weighted by atomic mass is 9.54. The zero-order valence-electron chi connectivity index (χ0n) is 30.4. The normalized spacial score (nSPS) is 34.7. The van der Waals surface area contributed by atoms with Gasteiger partial charge in [-0.1, -0.05) is 157 Å². The summed E-state index contributed by atoms with van der Waals surface area (Å²) in [6, 6.07) is 22.6. The van der Waals surface area contributed by atoms with Gasteiger partial charge in [-0.3, -0.25) is 0 Å². The highest BCUT2D eigenvalue weighted by Crippen LogP contribution is 2.66. The van der Waals surface area contributed by atoms with Crippen molar-refractivity contribution < 1.29 is 4.74 Å². The molecule has 0 radical (unpaired) electrons. The van der Waals surface area contributed by atoms with Crippen molar-refractivity contribution in [2.24, 2.45) is 29.6 Å². The molecule has 0 aromatic heterocycles. The van der Waals surface area contributed by atoms with Crippen LogP contribution in [-0.4, -0.2) is 6.10 Å². The minimum absolute atomic E-state index is 0.0496. The SMILES string of the molecule is N#CC1C=C2C(=CC1)OC1C=CC(C3=C4C=CC=CC4C(C4=CCC(c5ccccc5)C=C4)C4=C3C=CCC4)=CC1C21c2ccccc2C2C=CC=CC21. The van der Waals surface area contributed by atoms with Gasteiger partial charge in [0.2, 0.25) is 0 Å². The molecular weight excluding hydrogens is 655 g/mol. The first-order chi connectivity index (χ1) is 26.7. The van der Waals surface area contributed by atoms with E-state index in [0.717, 1.165) is 25.0 Å². The summed E-state index contributed by atoms with van der Waals surface area (Å²) in [5.41, 5.74) is 13.6. The summed E-state index contributed by atoms with van der Waals surface area (Å²) in [5, 5.41) is 10.2. The number of hydrogen-bond donors (Lipinski definition) is 0. The van der Waals surface area contributed by atoms with Crippen molar-refractivity contribution in [2.75, 3.05) is 0 Å². The molecule has 9 atom stereocenters. The summed E-state index contributed by atoms with van der Waals surface area (Å²) in [7, 11) is 0. The van der Waals surface area contributed by atoms with Gasteiger partial charge in [0.15, 0.2) is 0 Å². The molecule has 1 saturated heterocycles. The Morgan fingerprint density at radius 3 is 2.48 bits per heavy atom. The predicted molar refractivity (Wildman–Crippen MR) is 217 cm³/mol. The molecule has 8 aliphatic carbocycles. The van der Waals surface area contributed by atoms with Crippen LogP contribution in [0.15, 0.2) is 209 Å². The molecule has 262 valence electrons. The second kappa shape index (κ2) is 12.5. The Hall–Kier alpha value is -5.65. The molecule has 2 aromatic rings. The van der Waals surface area contributed by atoms with E-state index in [4.69, 9.17) is 4.74 Å². The monoisotopic (exact) mass is 697 g/mol. The number of hydrogen-bond acceptors (Lipinski definition) is 2. The largest absolute Gasteiger partial charge is 0.486 e. The smallest absolute Gasteiger partial charge is 0.125 e. The maximum absolute atomic E-state index is 10.2. The van der Waals surface area contributed by atoms with Gasteiger partial charge in [0.05, 0.1) is 12.0 Å². The first kappa shape index (κ1) is 31.8. The van der Waals surface area contributed by atoms with Crippen molar-refractivity contribution in [3.05, 3.63) is 225 Å².